The first-order valence-corrected chi connectivity index (χ1v) is 8.86. The molecule has 0 aromatic heterocycles. The van der Waals surface area contributed by atoms with Gasteiger partial charge in [-0.2, -0.15) is 0 Å². The minimum atomic E-state index is -0.225. The Kier molecular flexibility index (Phi) is 7.60. The molecule has 6 heteroatoms. The summed E-state index contributed by atoms with van der Waals surface area (Å²) in [6.07, 6.45) is 2.98. The number of hydrogen-bond donors (Lipinski definition) is 0. The molecule has 1 amide bonds. The number of benzene rings is 1. The summed E-state index contributed by atoms with van der Waals surface area (Å²) < 4.78 is 12.1. The van der Waals surface area contributed by atoms with E-state index in [4.69, 9.17) is 23.2 Å². The lowest BCUT2D eigenvalue weighted by atomic mass is 10.1. The first-order valence-electron chi connectivity index (χ1n) is 8.10. The number of alkyl halides is 1. The van der Waals surface area contributed by atoms with Crippen molar-refractivity contribution in [2.45, 2.75) is 25.7 Å². The zero-order valence-corrected chi connectivity index (χ0v) is 14.8. The molecule has 0 unspecified atom stereocenters. The van der Waals surface area contributed by atoms with Crippen LogP contribution in [0.25, 0.3) is 0 Å². The van der Waals surface area contributed by atoms with E-state index in [-0.39, 0.29) is 12.6 Å². The normalized spacial score (nSPS) is 15.9. The Balaban J connectivity index is 1.74. The molecular weight excluding hydrogens is 338 g/mol. The van der Waals surface area contributed by atoms with Gasteiger partial charge in [0.2, 0.25) is 5.91 Å². The third kappa shape index (κ3) is 5.94. The third-order valence-corrected chi connectivity index (χ3v) is 4.91. The van der Waals surface area contributed by atoms with E-state index in [9.17, 15) is 9.18 Å². The van der Waals surface area contributed by atoms with Gasteiger partial charge in [-0.05, 0) is 43.5 Å². The maximum Gasteiger partial charge on any atom is 0.227 e. The quantitative estimate of drug-likeness (QED) is 0.690. The van der Waals surface area contributed by atoms with Crippen molar-refractivity contribution in [3.63, 3.8) is 0 Å². The summed E-state index contributed by atoms with van der Waals surface area (Å²) >= 11 is 11.9. The summed E-state index contributed by atoms with van der Waals surface area (Å²) in [6, 6.07) is 5.32. The standard InChI is InChI=1S/C17H23Cl2FN2O/c18-15-5-4-14(12-16(15)19)13-17(23)22-10-8-21(9-11-22)7-3-1-2-6-20/h4-5,12H,1-3,6-11,13H2. The molecule has 0 aliphatic carbocycles. The molecule has 1 aliphatic heterocycles. The van der Waals surface area contributed by atoms with Gasteiger partial charge >= 0.3 is 0 Å². The number of piperazine rings is 1. The van der Waals surface area contributed by atoms with Crippen molar-refractivity contribution in [2.24, 2.45) is 0 Å². The summed E-state index contributed by atoms with van der Waals surface area (Å²) in [5, 5.41) is 0.985. The number of nitrogens with zero attached hydrogens (tertiary/aromatic N) is 2. The highest BCUT2D eigenvalue weighted by atomic mass is 35.5. The van der Waals surface area contributed by atoms with Gasteiger partial charge in [0.25, 0.3) is 0 Å². The molecule has 3 nitrogen and oxygen atoms in total. The number of carbonyl (C=O) groups excluding carboxylic acids is 1. The predicted molar refractivity (Wildman–Crippen MR) is 93.0 cm³/mol. The Bertz CT molecular complexity index is 519. The molecule has 1 fully saturated rings. The molecule has 0 radical (unpaired) electrons. The highest BCUT2D eigenvalue weighted by Gasteiger charge is 2.20. The number of unbranched alkanes of at least 4 members (excludes halogenated alkanes) is 2. The second-order valence-electron chi connectivity index (χ2n) is 5.90. The van der Waals surface area contributed by atoms with Crippen molar-refractivity contribution in [3.05, 3.63) is 33.8 Å². The first kappa shape index (κ1) is 18.5. The monoisotopic (exact) mass is 360 g/mol. The van der Waals surface area contributed by atoms with E-state index in [1.165, 1.54) is 0 Å². The predicted octanol–water partition coefficient (Wildman–Crippen LogP) is 3.82. The van der Waals surface area contributed by atoms with E-state index < -0.39 is 0 Å². The fourth-order valence-electron chi connectivity index (χ4n) is 2.76. The first-order chi connectivity index (χ1) is 11.1. The second kappa shape index (κ2) is 9.45. The van der Waals surface area contributed by atoms with Crippen molar-refractivity contribution in [1.82, 2.24) is 9.80 Å². The summed E-state index contributed by atoms with van der Waals surface area (Å²) in [6.45, 7) is 4.06. The second-order valence-corrected chi connectivity index (χ2v) is 6.71. The summed E-state index contributed by atoms with van der Waals surface area (Å²) in [5.41, 5.74) is 0.887. The number of rotatable bonds is 7. The van der Waals surface area contributed by atoms with Gasteiger partial charge in [0.1, 0.15) is 0 Å². The van der Waals surface area contributed by atoms with Crippen LogP contribution in [0.2, 0.25) is 10.0 Å². The van der Waals surface area contributed by atoms with Crippen LogP contribution in [0.5, 0.6) is 0 Å². The molecule has 1 heterocycles. The van der Waals surface area contributed by atoms with Crippen LogP contribution in [-0.4, -0.2) is 55.1 Å². The Hall–Kier alpha value is -0.840. The highest BCUT2D eigenvalue weighted by molar-refractivity contribution is 6.42. The maximum atomic E-state index is 12.4. The number of hydrogen-bond acceptors (Lipinski definition) is 2. The average Bonchev–Trinajstić information content (AvgIpc) is 2.55. The topological polar surface area (TPSA) is 23.6 Å². The molecule has 1 aromatic rings. The Morgan fingerprint density at radius 1 is 1.04 bits per heavy atom. The zero-order valence-electron chi connectivity index (χ0n) is 13.2. The molecule has 23 heavy (non-hydrogen) atoms. The molecule has 0 saturated carbocycles. The van der Waals surface area contributed by atoms with Crippen molar-refractivity contribution >= 4 is 29.1 Å². The van der Waals surface area contributed by atoms with Gasteiger partial charge in [0, 0.05) is 26.2 Å². The molecule has 0 atom stereocenters. The number of halogens is 3. The van der Waals surface area contributed by atoms with Crippen LogP contribution in [-0.2, 0) is 11.2 Å². The summed E-state index contributed by atoms with van der Waals surface area (Å²) in [7, 11) is 0. The summed E-state index contributed by atoms with van der Waals surface area (Å²) in [5.74, 6) is 0.125. The lowest BCUT2D eigenvalue weighted by Gasteiger charge is -2.34. The van der Waals surface area contributed by atoms with Gasteiger partial charge in [-0.3, -0.25) is 14.1 Å². The number of carbonyl (C=O) groups is 1. The third-order valence-electron chi connectivity index (χ3n) is 4.17. The highest BCUT2D eigenvalue weighted by Crippen LogP contribution is 2.23. The largest absolute Gasteiger partial charge is 0.340 e. The molecule has 0 spiro atoms. The molecule has 1 saturated heterocycles. The van der Waals surface area contributed by atoms with Crippen LogP contribution in [0.4, 0.5) is 4.39 Å². The van der Waals surface area contributed by atoms with Crippen LogP contribution in [0.1, 0.15) is 24.8 Å². The van der Waals surface area contributed by atoms with Gasteiger partial charge in [-0.1, -0.05) is 29.3 Å². The van der Waals surface area contributed by atoms with Crippen molar-refractivity contribution in [1.29, 1.82) is 0 Å². The van der Waals surface area contributed by atoms with Gasteiger partial charge in [0.15, 0.2) is 0 Å². The van der Waals surface area contributed by atoms with E-state index in [1.54, 1.807) is 12.1 Å². The molecule has 2 rings (SSSR count). The molecule has 1 aromatic carbocycles. The minimum absolute atomic E-state index is 0.125. The molecule has 128 valence electrons. The number of amides is 1. The van der Waals surface area contributed by atoms with Gasteiger partial charge in [-0.25, -0.2) is 0 Å². The van der Waals surface area contributed by atoms with Crippen LogP contribution in [0.3, 0.4) is 0 Å². The molecule has 0 N–H and O–H groups in total. The SMILES string of the molecule is O=C(Cc1ccc(Cl)c(Cl)c1)N1CCN(CCCCCF)CC1. The average molecular weight is 361 g/mol. The fraction of sp³-hybridized carbons (Fsp3) is 0.588. The van der Waals surface area contributed by atoms with E-state index in [0.29, 0.717) is 22.9 Å². The lowest BCUT2D eigenvalue weighted by Crippen LogP contribution is -2.49. The van der Waals surface area contributed by atoms with Gasteiger partial charge < -0.3 is 4.90 Å². The van der Waals surface area contributed by atoms with Gasteiger partial charge in [0.05, 0.1) is 23.1 Å². The maximum absolute atomic E-state index is 12.4. The van der Waals surface area contributed by atoms with Crippen molar-refractivity contribution < 1.29 is 9.18 Å². The van der Waals surface area contributed by atoms with E-state index >= 15 is 0 Å². The zero-order chi connectivity index (χ0) is 16.7. The molecule has 0 bridgehead atoms. The smallest absolute Gasteiger partial charge is 0.227 e. The van der Waals surface area contributed by atoms with Crippen LogP contribution in [0, 0.1) is 0 Å². The van der Waals surface area contributed by atoms with Crippen molar-refractivity contribution in [3.8, 4) is 0 Å². The van der Waals surface area contributed by atoms with Crippen LogP contribution >= 0.6 is 23.2 Å². The van der Waals surface area contributed by atoms with Gasteiger partial charge in [-0.15, -0.1) is 0 Å². The molecular formula is C17H23Cl2FN2O. The van der Waals surface area contributed by atoms with Crippen LogP contribution in [0.15, 0.2) is 18.2 Å². The van der Waals surface area contributed by atoms with E-state index in [1.807, 2.05) is 11.0 Å². The van der Waals surface area contributed by atoms with Crippen LogP contribution < -0.4 is 0 Å². The Morgan fingerprint density at radius 2 is 1.78 bits per heavy atom. The van der Waals surface area contributed by atoms with E-state index in [2.05, 4.69) is 4.90 Å². The van der Waals surface area contributed by atoms with E-state index in [0.717, 1.165) is 51.1 Å². The molecule has 1 aliphatic rings. The Labute approximate surface area is 147 Å². The lowest BCUT2D eigenvalue weighted by molar-refractivity contribution is -0.132. The fourth-order valence-corrected chi connectivity index (χ4v) is 3.08. The summed E-state index contributed by atoms with van der Waals surface area (Å²) in [4.78, 5) is 16.6. The van der Waals surface area contributed by atoms with Crippen molar-refractivity contribution in [2.75, 3.05) is 39.4 Å². The Morgan fingerprint density at radius 3 is 2.43 bits per heavy atom. The minimum Gasteiger partial charge on any atom is -0.340 e.